The maximum absolute atomic E-state index is 12.0. The van der Waals surface area contributed by atoms with Gasteiger partial charge in [-0.1, -0.05) is 30.3 Å². The summed E-state index contributed by atoms with van der Waals surface area (Å²) in [6.07, 6.45) is 0. The van der Waals surface area contributed by atoms with Gasteiger partial charge in [0.1, 0.15) is 0 Å². The van der Waals surface area contributed by atoms with E-state index >= 15 is 0 Å². The van der Waals surface area contributed by atoms with E-state index in [4.69, 9.17) is 5.73 Å². The third-order valence-electron chi connectivity index (χ3n) is 3.36. The molecule has 3 aromatic rings. The van der Waals surface area contributed by atoms with E-state index in [1.54, 1.807) is 36.0 Å². The van der Waals surface area contributed by atoms with Crippen LogP contribution in [0.4, 0.5) is 5.69 Å². The number of nitrogens with zero attached hydrogens (tertiary/aromatic N) is 4. The Morgan fingerprint density at radius 2 is 1.81 bits per heavy atom. The minimum atomic E-state index is -0.742. The van der Waals surface area contributed by atoms with E-state index in [9.17, 15) is 9.59 Å². The van der Waals surface area contributed by atoms with E-state index in [1.165, 1.54) is 10.4 Å². The number of primary amides is 1. The molecule has 0 unspecified atom stereocenters. The Bertz CT molecular complexity index is 895. The molecular weight excluding hydrogens is 352 g/mol. The van der Waals surface area contributed by atoms with Crippen molar-refractivity contribution in [3.63, 3.8) is 0 Å². The molecule has 0 saturated carbocycles. The molecule has 0 aliphatic heterocycles. The van der Waals surface area contributed by atoms with Gasteiger partial charge in [-0.2, -0.15) is 0 Å². The van der Waals surface area contributed by atoms with Crippen molar-refractivity contribution in [1.82, 2.24) is 20.2 Å². The van der Waals surface area contributed by atoms with Crippen molar-refractivity contribution in [2.45, 2.75) is 5.75 Å². The number of nitrogens with one attached hydrogen (secondary N) is 1. The van der Waals surface area contributed by atoms with E-state index in [0.29, 0.717) is 17.1 Å². The lowest BCUT2D eigenvalue weighted by Gasteiger charge is -2.06. The zero-order valence-electron chi connectivity index (χ0n) is 13.7. The van der Waals surface area contributed by atoms with Gasteiger partial charge in [-0.3, -0.25) is 9.59 Å². The fraction of sp³-hybridized carbons (Fsp3) is 0.118. The molecule has 8 nitrogen and oxygen atoms in total. The average Bonchev–Trinajstić information content (AvgIpc) is 3.14. The Balaban J connectivity index is 1.51. The first-order chi connectivity index (χ1) is 12.6. The summed E-state index contributed by atoms with van der Waals surface area (Å²) in [5, 5.41) is 14.0. The van der Waals surface area contributed by atoms with Gasteiger partial charge in [0.2, 0.25) is 5.91 Å². The summed E-state index contributed by atoms with van der Waals surface area (Å²) in [5.41, 5.74) is 7.54. The number of amides is 2. The topological polar surface area (TPSA) is 116 Å². The van der Waals surface area contributed by atoms with E-state index in [1.807, 2.05) is 30.3 Å². The number of thioether (sulfide) groups is 1. The van der Waals surface area contributed by atoms with E-state index < -0.39 is 5.91 Å². The summed E-state index contributed by atoms with van der Waals surface area (Å²) in [4.78, 5) is 24.2. The fourth-order valence-corrected chi connectivity index (χ4v) is 2.92. The number of benzene rings is 2. The first-order valence-corrected chi connectivity index (χ1v) is 8.89. The van der Waals surface area contributed by atoms with Gasteiger partial charge in [0.25, 0.3) is 11.7 Å². The van der Waals surface area contributed by atoms with Gasteiger partial charge in [0, 0.05) is 11.4 Å². The van der Waals surface area contributed by atoms with Crippen LogP contribution in [-0.4, -0.2) is 37.8 Å². The Labute approximate surface area is 153 Å². The number of tetrazole rings is 1. The number of anilines is 1. The molecule has 2 aromatic carbocycles. The van der Waals surface area contributed by atoms with Crippen LogP contribution in [0.3, 0.4) is 0 Å². The number of hydrogen-bond donors (Lipinski definition) is 2. The highest BCUT2D eigenvalue weighted by Gasteiger charge is 2.10. The molecule has 0 bridgehead atoms. The predicted octanol–water partition coefficient (Wildman–Crippen LogP) is 1.63. The zero-order valence-corrected chi connectivity index (χ0v) is 14.5. The van der Waals surface area contributed by atoms with Crippen molar-refractivity contribution in [3.8, 4) is 5.69 Å². The molecule has 2 amide bonds. The molecule has 1 aromatic heterocycles. The van der Waals surface area contributed by atoms with Crippen LogP contribution < -0.4 is 11.1 Å². The van der Waals surface area contributed by atoms with Crippen LogP contribution in [0.2, 0.25) is 0 Å². The minimum absolute atomic E-state index is 0.0754. The van der Waals surface area contributed by atoms with Crippen molar-refractivity contribution in [3.05, 3.63) is 66.0 Å². The van der Waals surface area contributed by atoms with Gasteiger partial charge in [0.15, 0.2) is 0 Å². The second-order valence-corrected chi connectivity index (χ2v) is 6.33. The lowest BCUT2D eigenvalue weighted by molar-refractivity contribution is -0.113. The van der Waals surface area contributed by atoms with Gasteiger partial charge in [0.05, 0.1) is 11.4 Å². The first kappa shape index (κ1) is 17.6. The van der Waals surface area contributed by atoms with Gasteiger partial charge in [-0.15, -0.1) is 26.8 Å². The molecule has 0 radical (unpaired) electrons. The summed E-state index contributed by atoms with van der Waals surface area (Å²) >= 11 is 1.55. The number of nitrogens with two attached hydrogens (primary N) is 1. The molecule has 0 aliphatic carbocycles. The molecule has 26 heavy (non-hydrogen) atoms. The molecule has 132 valence electrons. The third kappa shape index (κ3) is 4.67. The van der Waals surface area contributed by atoms with Crippen LogP contribution in [0, 0.1) is 0 Å². The van der Waals surface area contributed by atoms with Crippen molar-refractivity contribution in [1.29, 1.82) is 0 Å². The van der Waals surface area contributed by atoms with Gasteiger partial charge >= 0.3 is 0 Å². The molecule has 9 heteroatoms. The third-order valence-corrected chi connectivity index (χ3v) is 4.36. The quantitative estimate of drug-likeness (QED) is 0.655. The molecule has 0 spiro atoms. The van der Waals surface area contributed by atoms with Crippen LogP contribution in [0.15, 0.2) is 54.6 Å². The van der Waals surface area contributed by atoms with Gasteiger partial charge < -0.3 is 11.1 Å². The molecule has 1 heterocycles. The lowest BCUT2D eigenvalue weighted by Crippen LogP contribution is -2.14. The smallest absolute Gasteiger partial charge is 0.290 e. The summed E-state index contributed by atoms with van der Waals surface area (Å²) < 4.78 is 0. The highest BCUT2D eigenvalue weighted by atomic mass is 32.2. The molecule has 3 rings (SSSR count). The largest absolute Gasteiger partial charge is 0.363 e. The molecular formula is C17H16N6O2S. The Morgan fingerprint density at radius 1 is 1.08 bits per heavy atom. The number of hydrogen-bond acceptors (Lipinski definition) is 6. The van der Waals surface area contributed by atoms with Crippen molar-refractivity contribution in [2.75, 3.05) is 11.1 Å². The predicted molar refractivity (Wildman–Crippen MR) is 98.9 cm³/mol. The van der Waals surface area contributed by atoms with Crippen molar-refractivity contribution < 1.29 is 9.59 Å². The summed E-state index contributed by atoms with van der Waals surface area (Å²) in [6.45, 7) is 0. The monoisotopic (exact) mass is 368 g/mol. The van der Waals surface area contributed by atoms with E-state index in [0.717, 1.165) is 5.75 Å². The SMILES string of the molecule is NC(=O)c1nnn(-c2ccc(NC(=O)CSCc3ccccc3)cc2)n1. The minimum Gasteiger partial charge on any atom is -0.363 e. The van der Waals surface area contributed by atoms with Crippen LogP contribution in [0.25, 0.3) is 5.69 Å². The molecule has 0 aliphatic rings. The molecule has 0 atom stereocenters. The van der Waals surface area contributed by atoms with Gasteiger partial charge in [-0.25, -0.2) is 0 Å². The van der Waals surface area contributed by atoms with E-state index in [2.05, 4.69) is 20.7 Å². The Morgan fingerprint density at radius 3 is 2.46 bits per heavy atom. The second-order valence-electron chi connectivity index (χ2n) is 5.34. The first-order valence-electron chi connectivity index (χ1n) is 7.73. The van der Waals surface area contributed by atoms with Gasteiger partial charge in [-0.05, 0) is 35.0 Å². The van der Waals surface area contributed by atoms with E-state index in [-0.39, 0.29) is 11.7 Å². The highest BCUT2D eigenvalue weighted by Crippen LogP contribution is 2.14. The van der Waals surface area contributed by atoms with Crippen LogP contribution in [-0.2, 0) is 10.5 Å². The highest BCUT2D eigenvalue weighted by molar-refractivity contribution is 7.99. The molecule has 0 fully saturated rings. The van der Waals surface area contributed by atoms with Crippen LogP contribution >= 0.6 is 11.8 Å². The maximum atomic E-state index is 12.0. The maximum Gasteiger partial charge on any atom is 0.290 e. The summed E-state index contributed by atoms with van der Waals surface area (Å²) in [6, 6.07) is 16.9. The number of rotatable bonds is 7. The average molecular weight is 368 g/mol. The number of carbonyl (C=O) groups excluding carboxylic acids is 2. The normalized spacial score (nSPS) is 10.5. The standard InChI is InChI=1S/C17H16N6O2S/c18-16(25)17-20-22-23(21-17)14-8-6-13(7-9-14)19-15(24)11-26-10-12-4-2-1-3-5-12/h1-9H,10-11H2,(H2,18,25)(H,19,24). The molecule has 3 N–H and O–H groups in total. The Kier molecular flexibility index (Phi) is 5.59. The second kappa shape index (κ2) is 8.26. The summed E-state index contributed by atoms with van der Waals surface area (Å²) in [5.74, 6) is 0.177. The van der Waals surface area contributed by atoms with Crippen LogP contribution in [0.5, 0.6) is 0 Å². The number of aromatic nitrogens is 4. The Hall–Kier alpha value is -3.20. The molecule has 0 saturated heterocycles. The lowest BCUT2D eigenvalue weighted by atomic mass is 10.2. The van der Waals surface area contributed by atoms with Crippen molar-refractivity contribution >= 4 is 29.3 Å². The zero-order chi connectivity index (χ0) is 18.4. The fourth-order valence-electron chi connectivity index (χ4n) is 2.13. The van der Waals surface area contributed by atoms with Crippen molar-refractivity contribution in [2.24, 2.45) is 5.73 Å². The number of carbonyl (C=O) groups is 2. The summed E-state index contributed by atoms with van der Waals surface area (Å²) in [7, 11) is 0. The van der Waals surface area contributed by atoms with Crippen LogP contribution in [0.1, 0.15) is 16.2 Å².